The molecule has 0 aromatic heterocycles. The predicted molar refractivity (Wildman–Crippen MR) is 84.2 cm³/mol. The quantitative estimate of drug-likeness (QED) is 0.631. The Morgan fingerprint density at radius 3 is 2.16 bits per heavy atom. The molecule has 0 radical (unpaired) electrons. The van der Waals surface area contributed by atoms with Crippen LogP contribution >= 0.6 is 35.0 Å². The third kappa shape index (κ3) is 3.38. The van der Waals surface area contributed by atoms with Crippen LogP contribution in [0.15, 0.2) is 35.2 Å². The van der Waals surface area contributed by atoms with E-state index in [1.807, 2.05) is 37.3 Å². The Labute approximate surface area is 127 Å². The van der Waals surface area contributed by atoms with Gasteiger partial charge in [0.2, 0.25) is 0 Å². The molecule has 0 atom stereocenters. The maximum atomic E-state index is 6.17. The highest BCUT2D eigenvalue weighted by molar-refractivity contribution is 7.98. The molecule has 0 saturated heterocycles. The number of thioether (sulfide) groups is 1. The van der Waals surface area contributed by atoms with Crippen LogP contribution in [0, 0.1) is 13.8 Å². The molecule has 0 aliphatic rings. The minimum absolute atomic E-state index is 0.505. The van der Waals surface area contributed by atoms with Gasteiger partial charge in [-0.2, -0.15) is 0 Å². The third-order valence-corrected chi connectivity index (χ3v) is 4.19. The zero-order valence-electron chi connectivity index (χ0n) is 11.0. The number of rotatable bonds is 3. The lowest BCUT2D eigenvalue weighted by Crippen LogP contribution is -1.89. The average molecular weight is 313 g/mol. The Kier molecular flexibility index (Phi) is 4.67. The fourth-order valence-corrected chi connectivity index (χ4v) is 3.07. The van der Waals surface area contributed by atoms with Crippen LogP contribution in [-0.2, 0) is 0 Å². The van der Waals surface area contributed by atoms with Crippen LogP contribution in [0.2, 0.25) is 10.0 Å². The van der Waals surface area contributed by atoms with Gasteiger partial charge in [-0.15, -0.1) is 11.8 Å². The highest BCUT2D eigenvalue weighted by Gasteiger charge is 2.10. The van der Waals surface area contributed by atoms with Crippen molar-refractivity contribution in [2.75, 3.05) is 6.26 Å². The van der Waals surface area contributed by atoms with Gasteiger partial charge in [-0.25, -0.2) is 0 Å². The van der Waals surface area contributed by atoms with Crippen LogP contribution in [0.4, 0.5) is 0 Å². The molecule has 0 saturated carbocycles. The molecule has 0 unspecified atom stereocenters. The summed E-state index contributed by atoms with van der Waals surface area (Å²) in [6.07, 6.45) is 2.05. The number of hydrogen-bond acceptors (Lipinski definition) is 2. The number of benzene rings is 2. The first-order chi connectivity index (χ1) is 9.01. The van der Waals surface area contributed by atoms with Crippen molar-refractivity contribution in [2.45, 2.75) is 18.7 Å². The molecule has 0 N–H and O–H groups in total. The third-order valence-electron chi connectivity index (χ3n) is 2.73. The Balaban J connectivity index is 2.34. The van der Waals surface area contributed by atoms with Crippen molar-refractivity contribution in [3.8, 4) is 11.5 Å². The van der Waals surface area contributed by atoms with E-state index in [0.717, 1.165) is 11.3 Å². The first-order valence-corrected chi connectivity index (χ1v) is 7.77. The number of hydrogen-bond donors (Lipinski definition) is 0. The summed E-state index contributed by atoms with van der Waals surface area (Å²) < 4.78 is 5.80. The number of aryl methyl sites for hydroxylation is 2. The molecule has 2 rings (SSSR count). The summed E-state index contributed by atoms with van der Waals surface area (Å²) in [7, 11) is 0. The fourth-order valence-electron chi connectivity index (χ4n) is 1.82. The van der Waals surface area contributed by atoms with Gasteiger partial charge >= 0.3 is 0 Å². The molecule has 0 amide bonds. The molecule has 0 bridgehead atoms. The summed E-state index contributed by atoms with van der Waals surface area (Å²) in [5.74, 6) is 1.24. The van der Waals surface area contributed by atoms with Crippen molar-refractivity contribution >= 4 is 35.0 Å². The van der Waals surface area contributed by atoms with E-state index in [2.05, 4.69) is 13.2 Å². The molecule has 0 aliphatic carbocycles. The van der Waals surface area contributed by atoms with E-state index >= 15 is 0 Å². The second-order valence-electron chi connectivity index (χ2n) is 4.29. The molecule has 100 valence electrons. The molecule has 2 aromatic carbocycles. The standard InChI is InChI=1S/C15H14Cl2OS/c1-9-6-12(16)15(13(17)7-9)18-11-4-5-14(19-3)10(2)8-11/h4-8H,1-3H3. The minimum Gasteiger partial charge on any atom is -0.454 e. The number of ether oxygens (including phenoxy) is 1. The van der Waals surface area contributed by atoms with E-state index < -0.39 is 0 Å². The van der Waals surface area contributed by atoms with Crippen LogP contribution in [-0.4, -0.2) is 6.26 Å². The van der Waals surface area contributed by atoms with Crippen molar-refractivity contribution < 1.29 is 4.74 Å². The lowest BCUT2D eigenvalue weighted by molar-refractivity contribution is 0.482. The van der Waals surface area contributed by atoms with Crippen LogP contribution in [0.5, 0.6) is 11.5 Å². The first kappa shape index (κ1) is 14.6. The Morgan fingerprint density at radius 1 is 1.00 bits per heavy atom. The van der Waals surface area contributed by atoms with Gasteiger partial charge in [-0.1, -0.05) is 23.2 Å². The van der Waals surface area contributed by atoms with Crippen molar-refractivity contribution in [2.24, 2.45) is 0 Å². The number of halogens is 2. The van der Waals surface area contributed by atoms with E-state index in [0.29, 0.717) is 15.8 Å². The lowest BCUT2D eigenvalue weighted by atomic mass is 10.2. The molecule has 0 spiro atoms. The van der Waals surface area contributed by atoms with Gasteiger partial charge in [0.1, 0.15) is 5.75 Å². The van der Waals surface area contributed by atoms with Gasteiger partial charge in [0, 0.05) is 4.90 Å². The Bertz CT molecular complexity index is 588. The highest BCUT2D eigenvalue weighted by Crippen LogP contribution is 2.38. The normalized spacial score (nSPS) is 10.6. The van der Waals surface area contributed by atoms with Gasteiger partial charge in [-0.05, 0) is 61.6 Å². The maximum absolute atomic E-state index is 6.17. The Morgan fingerprint density at radius 2 is 1.63 bits per heavy atom. The van der Waals surface area contributed by atoms with Crippen LogP contribution < -0.4 is 4.74 Å². The predicted octanol–water partition coefficient (Wildman–Crippen LogP) is 6.12. The minimum atomic E-state index is 0.505. The molecular weight excluding hydrogens is 299 g/mol. The molecule has 19 heavy (non-hydrogen) atoms. The zero-order chi connectivity index (χ0) is 14.0. The van der Waals surface area contributed by atoms with Crippen molar-refractivity contribution in [3.05, 3.63) is 51.5 Å². The van der Waals surface area contributed by atoms with Gasteiger partial charge < -0.3 is 4.74 Å². The second-order valence-corrected chi connectivity index (χ2v) is 5.95. The second kappa shape index (κ2) is 6.08. The van der Waals surface area contributed by atoms with Crippen LogP contribution in [0.3, 0.4) is 0 Å². The molecule has 1 nitrogen and oxygen atoms in total. The first-order valence-electron chi connectivity index (χ1n) is 5.79. The van der Waals surface area contributed by atoms with E-state index in [4.69, 9.17) is 27.9 Å². The topological polar surface area (TPSA) is 9.23 Å². The highest BCUT2D eigenvalue weighted by atomic mass is 35.5. The van der Waals surface area contributed by atoms with Crippen LogP contribution in [0.1, 0.15) is 11.1 Å². The Hall–Kier alpha value is -0.830. The zero-order valence-corrected chi connectivity index (χ0v) is 13.3. The molecule has 0 aliphatic heterocycles. The maximum Gasteiger partial charge on any atom is 0.164 e. The van der Waals surface area contributed by atoms with E-state index in [1.54, 1.807) is 11.8 Å². The molecule has 4 heteroatoms. The van der Waals surface area contributed by atoms with Crippen molar-refractivity contribution in [1.82, 2.24) is 0 Å². The average Bonchev–Trinajstić information content (AvgIpc) is 2.34. The van der Waals surface area contributed by atoms with Gasteiger partial charge in [-0.3, -0.25) is 0 Å². The largest absolute Gasteiger partial charge is 0.454 e. The SMILES string of the molecule is CSc1ccc(Oc2c(Cl)cc(C)cc2Cl)cc1C. The van der Waals surface area contributed by atoms with Crippen LogP contribution in [0.25, 0.3) is 0 Å². The summed E-state index contributed by atoms with van der Waals surface area (Å²) in [6.45, 7) is 4.00. The van der Waals surface area contributed by atoms with E-state index in [9.17, 15) is 0 Å². The molecule has 2 aromatic rings. The molecule has 0 heterocycles. The van der Waals surface area contributed by atoms with E-state index in [-0.39, 0.29) is 0 Å². The summed E-state index contributed by atoms with van der Waals surface area (Å²) in [5, 5.41) is 1.05. The van der Waals surface area contributed by atoms with Crippen molar-refractivity contribution in [1.29, 1.82) is 0 Å². The summed E-state index contributed by atoms with van der Waals surface area (Å²) in [6, 6.07) is 9.62. The monoisotopic (exact) mass is 312 g/mol. The van der Waals surface area contributed by atoms with Crippen molar-refractivity contribution in [3.63, 3.8) is 0 Å². The lowest BCUT2D eigenvalue weighted by Gasteiger charge is -2.12. The van der Waals surface area contributed by atoms with Gasteiger partial charge in [0.15, 0.2) is 5.75 Å². The van der Waals surface area contributed by atoms with E-state index in [1.165, 1.54) is 10.5 Å². The van der Waals surface area contributed by atoms with Gasteiger partial charge in [0.05, 0.1) is 10.0 Å². The summed E-state index contributed by atoms with van der Waals surface area (Å²) in [4.78, 5) is 1.23. The van der Waals surface area contributed by atoms with Gasteiger partial charge in [0.25, 0.3) is 0 Å². The molecular formula is C15H14Cl2OS. The summed E-state index contributed by atoms with van der Waals surface area (Å²) in [5.41, 5.74) is 2.18. The summed E-state index contributed by atoms with van der Waals surface area (Å²) >= 11 is 14.0. The smallest absolute Gasteiger partial charge is 0.164 e. The fraction of sp³-hybridized carbons (Fsp3) is 0.200. The molecule has 0 fully saturated rings.